The fraction of sp³-hybridized carbons (Fsp3) is 0.600. The molecule has 2 aromatic rings. The van der Waals surface area contributed by atoms with Gasteiger partial charge in [0.1, 0.15) is 0 Å². The predicted molar refractivity (Wildman–Crippen MR) is 148 cm³/mol. The van der Waals surface area contributed by atoms with Gasteiger partial charge in [0, 0.05) is 9.79 Å². The van der Waals surface area contributed by atoms with Crippen LogP contribution in [0.5, 0.6) is 0 Å². The van der Waals surface area contributed by atoms with E-state index < -0.39 is 0 Å². The maximum absolute atomic E-state index is 2.41. The van der Waals surface area contributed by atoms with E-state index in [1.807, 2.05) is 21.6 Å². The molecule has 0 nitrogen and oxygen atoms in total. The van der Waals surface area contributed by atoms with Crippen LogP contribution in [0.15, 0.2) is 58.3 Å². The van der Waals surface area contributed by atoms with E-state index >= 15 is 0 Å². The van der Waals surface area contributed by atoms with Crippen molar-refractivity contribution in [2.24, 2.45) is 0 Å². The Morgan fingerprint density at radius 1 is 0.500 bits per heavy atom. The van der Waals surface area contributed by atoms with Crippen molar-refractivity contribution in [2.75, 3.05) is 0 Å². The summed E-state index contributed by atoms with van der Waals surface area (Å²) in [7, 11) is 3.86. The lowest BCUT2D eigenvalue weighted by atomic mass is 9.96. The van der Waals surface area contributed by atoms with E-state index in [9.17, 15) is 0 Å². The first-order chi connectivity index (χ1) is 15.8. The van der Waals surface area contributed by atoms with Gasteiger partial charge in [0.15, 0.2) is 0 Å². The SMILES string of the molecule is CCCCCCCCCc1cccc(SSc2ccccc2)c1CCCCCCCCC. The van der Waals surface area contributed by atoms with Gasteiger partial charge < -0.3 is 0 Å². The molecule has 0 saturated carbocycles. The highest BCUT2D eigenvalue weighted by Gasteiger charge is 2.10. The maximum Gasteiger partial charge on any atom is 0.0221 e. The van der Waals surface area contributed by atoms with E-state index in [0.29, 0.717) is 0 Å². The Morgan fingerprint density at radius 2 is 1.06 bits per heavy atom. The van der Waals surface area contributed by atoms with Crippen LogP contribution in [0.3, 0.4) is 0 Å². The number of benzene rings is 2. The fourth-order valence-electron chi connectivity index (χ4n) is 4.31. The van der Waals surface area contributed by atoms with E-state index in [4.69, 9.17) is 0 Å². The molecule has 32 heavy (non-hydrogen) atoms. The van der Waals surface area contributed by atoms with Crippen molar-refractivity contribution in [1.82, 2.24) is 0 Å². The summed E-state index contributed by atoms with van der Waals surface area (Å²) in [5.74, 6) is 0. The molecule has 2 heteroatoms. The van der Waals surface area contributed by atoms with Crippen molar-refractivity contribution >= 4 is 21.6 Å². The quantitative estimate of drug-likeness (QED) is 0.148. The molecule has 2 rings (SSSR count). The lowest BCUT2D eigenvalue weighted by Gasteiger charge is -2.15. The molecule has 0 bridgehead atoms. The van der Waals surface area contributed by atoms with Crippen molar-refractivity contribution in [3.8, 4) is 0 Å². The summed E-state index contributed by atoms with van der Waals surface area (Å²) in [6.07, 6.45) is 21.9. The first-order valence-corrected chi connectivity index (χ1v) is 15.5. The molecular weight excluding hydrogens is 424 g/mol. The third-order valence-electron chi connectivity index (χ3n) is 6.28. The van der Waals surface area contributed by atoms with E-state index in [0.717, 1.165) is 0 Å². The van der Waals surface area contributed by atoms with Crippen LogP contribution in [0, 0.1) is 0 Å². The number of hydrogen-bond donors (Lipinski definition) is 0. The van der Waals surface area contributed by atoms with Crippen molar-refractivity contribution in [1.29, 1.82) is 0 Å². The smallest absolute Gasteiger partial charge is 0.0221 e. The second-order valence-corrected chi connectivity index (χ2v) is 11.4. The van der Waals surface area contributed by atoms with Gasteiger partial charge in [-0.05, 0) is 55.0 Å². The van der Waals surface area contributed by atoms with Crippen molar-refractivity contribution in [3.05, 3.63) is 59.7 Å². The van der Waals surface area contributed by atoms with Crippen LogP contribution in [0.1, 0.15) is 115 Å². The van der Waals surface area contributed by atoms with E-state index in [-0.39, 0.29) is 0 Å². The molecule has 0 aliphatic heterocycles. The minimum atomic E-state index is 1.25. The third kappa shape index (κ3) is 11.8. The molecule has 0 fully saturated rings. The van der Waals surface area contributed by atoms with Crippen LogP contribution in [0.4, 0.5) is 0 Å². The van der Waals surface area contributed by atoms with Gasteiger partial charge in [-0.1, -0.05) is 143 Å². The third-order valence-corrected chi connectivity index (χ3v) is 8.76. The fourth-order valence-corrected chi connectivity index (χ4v) is 6.59. The van der Waals surface area contributed by atoms with Gasteiger partial charge in [-0.3, -0.25) is 0 Å². The summed E-state index contributed by atoms with van der Waals surface area (Å²) in [6, 6.07) is 17.9. The van der Waals surface area contributed by atoms with Crippen LogP contribution in [-0.4, -0.2) is 0 Å². The molecule has 0 N–H and O–H groups in total. The van der Waals surface area contributed by atoms with Gasteiger partial charge in [-0.2, -0.15) is 0 Å². The molecule has 0 aliphatic rings. The number of hydrogen-bond acceptors (Lipinski definition) is 2. The Labute approximate surface area is 207 Å². The van der Waals surface area contributed by atoms with Gasteiger partial charge in [-0.25, -0.2) is 0 Å². The topological polar surface area (TPSA) is 0 Å². The summed E-state index contributed by atoms with van der Waals surface area (Å²) < 4.78 is 0. The summed E-state index contributed by atoms with van der Waals surface area (Å²) in [5.41, 5.74) is 3.25. The average Bonchev–Trinajstić information content (AvgIpc) is 2.83. The molecule has 0 aromatic heterocycles. The number of unbranched alkanes of at least 4 members (excludes halogenated alkanes) is 12. The molecule has 178 valence electrons. The monoisotopic (exact) mass is 470 g/mol. The molecule has 2 aromatic carbocycles. The van der Waals surface area contributed by atoms with Crippen LogP contribution < -0.4 is 0 Å². The van der Waals surface area contributed by atoms with E-state index in [1.165, 1.54) is 113 Å². The number of aryl methyl sites for hydroxylation is 1. The molecule has 0 aliphatic carbocycles. The Kier molecular flexibility index (Phi) is 15.9. The van der Waals surface area contributed by atoms with Gasteiger partial charge in [-0.15, -0.1) is 0 Å². The van der Waals surface area contributed by atoms with Gasteiger partial charge in [0.05, 0.1) is 0 Å². The lowest BCUT2D eigenvalue weighted by Crippen LogP contribution is -1.98. The maximum atomic E-state index is 2.41. The Bertz CT molecular complexity index is 695. The summed E-state index contributed by atoms with van der Waals surface area (Å²) in [5, 5.41) is 0. The largest absolute Gasteiger partial charge is 0.0654 e. The highest BCUT2D eigenvalue weighted by molar-refractivity contribution is 8.76. The Morgan fingerprint density at radius 3 is 1.69 bits per heavy atom. The summed E-state index contributed by atoms with van der Waals surface area (Å²) in [4.78, 5) is 2.84. The zero-order valence-corrected chi connectivity index (χ0v) is 22.4. The van der Waals surface area contributed by atoms with Crippen LogP contribution in [-0.2, 0) is 12.8 Å². The number of rotatable bonds is 19. The zero-order chi connectivity index (χ0) is 22.7. The van der Waals surface area contributed by atoms with Gasteiger partial charge in [0.2, 0.25) is 0 Å². The van der Waals surface area contributed by atoms with Crippen molar-refractivity contribution < 1.29 is 0 Å². The summed E-state index contributed by atoms with van der Waals surface area (Å²) >= 11 is 0. The van der Waals surface area contributed by atoms with E-state index in [2.05, 4.69) is 62.4 Å². The molecular formula is C30H46S2. The van der Waals surface area contributed by atoms with Crippen LogP contribution >= 0.6 is 21.6 Å². The van der Waals surface area contributed by atoms with Crippen molar-refractivity contribution in [2.45, 2.75) is 126 Å². The molecule has 0 unspecified atom stereocenters. The average molecular weight is 471 g/mol. The lowest BCUT2D eigenvalue weighted by molar-refractivity contribution is 0.581. The second kappa shape index (κ2) is 18.6. The Hall–Kier alpha value is -0.860. The van der Waals surface area contributed by atoms with Crippen LogP contribution in [0.2, 0.25) is 0 Å². The van der Waals surface area contributed by atoms with Crippen molar-refractivity contribution in [3.63, 3.8) is 0 Å². The molecule has 0 atom stereocenters. The first-order valence-electron chi connectivity index (χ1n) is 13.4. The highest BCUT2D eigenvalue weighted by Crippen LogP contribution is 2.40. The normalized spacial score (nSPS) is 11.2. The Balaban J connectivity index is 1.90. The molecule has 0 radical (unpaired) electrons. The summed E-state index contributed by atoms with van der Waals surface area (Å²) in [6.45, 7) is 4.60. The standard InChI is InChI=1S/C30H46S2/c1-3-5-7-9-11-13-16-21-27-22-20-26-30(32-31-28-23-17-15-18-24-28)29(27)25-19-14-12-10-8-6-4-2/h15,17-18,20,22-24,26H,3-14,16,19,21,25H2,1-2H3. The van der Waals surface area contributed by atoms with Crippen LogP contribution in [0.25, 0.3) is 0 Å². The zero-order valence-electron chi connectivity index (χ0n) is 20.7. The molecule has 0 amide bonds. The first kappa shape index (κ1) is 27.4. The molecule has 0 saturated heterocycles. The highest BCUT2D eigenvalue weighted by atomic mass is 33.1. The predicted octanol–water partition coefficient (Wildman–Crippen LogP) is 11.1. The molecule has 0 spiro atoms. The van der Waals surface area contributed by atoms with Gasteiger partial charge in [0.25, 0.3) is 0 Å². The molecule has 0 heterocycles. The second-order valence-electron chi connectivity index (χ2n) is 9.12. The minimum absolute atomic E-state index is 1.25. The minimum Gasteiger partial charge on any atom is -0.0654 e. The van der Waals surface area contributed by atoms with E-state index in [1.54, 1.807) is 11.1 Å². The van der Waals surface area contributed by atoms with Gasteiger partial charge >= 0.3 is 0 Å².